The van der Waals surface area contributed by atoms with Crippen molar-refractivity contribution in [3.8, 4) is 45.6 Å². The Morgan fingerprint density at radius 2 is 0.691 bits per heavy atom. The summed E-state index contributed by atoms with van der Waals surface area (Å²) in [5.74, 6) is -2.26. The number of aryl methyl sites for hydroxylation is 3. The fourth-order valence-corrected chi connectivity index (χ4v) is 23.2. The van der Waals surface area contributed by atoms with Crippen molar-refractivity contribution in [2.24, 2.45) is 0 Å². The predicted molar refractivity (Wildman–Crippen MR) is 333 cm³/mol. The standard InChI is InChI=1S/C16H10N4O4.C16H14N4.C6H6N.C4H2Cl2N2.3C4H9.6CH4.O2Se.Sn/c21-15(22)13-5-1-3-9(17-13)11-7-8-12(20-19-11)10-4-2-6-14(18-10)16(23)24;1-11-5-3-7-13(17-11)15-9-10-16(20-19-15)14-8-4-6-12(2)18-14;1-6-4-2-3-5-7-6;5-3-1-2-4(6)8-7-3;3*1-3-4-2;;;;;;;1-3-2;/h1-8H,(H,21,22)(H,23,24);3-10H,1-2H3;2-4H,1H3;1-2H;3*1,3-4H2,2H3;6*1H4;;. The number of aromatic nitrogens is 11. The van der Waals surface area contributed by atoms with E-state index >= 15 is 0 Å². The summed E-state index contributed by atoms with van der Waals surface area (Å²) in [6.07, 6.45) is 8.26. The first kappa shape index (κ1) is 78.7. The van der Waals surface area contributed by atoms with Crippen molar-refractivity contribution in [1.82, 2.24) is 55.5 Å². The van der Waals surface area contributed by atoms with Gasteiger partial charge in [0.1, 0.15) is 34.2 Å². The van der Waals surface area contributed by atoms with Crippen LogP contribution >= 0.6 is 23.2 Å². The third kappa shape index (κ3) is 26.7. The molecule has 17 nitrogen and oxygen atoms in total. The minimum absolute atomic E-state index is 0. The Bertz CT molecular complexity index is 2900. The molecule has 0 bridgehead atoms. The summed E-state index contributed by atoms with van der Waals surface area (Å²) in [4.78, 5) is 43.8. The second-order valence-electron chi connectivity index (χ2n) is 16.9. The van der Waals surface area contributed by atoms with Gasteiger partial charge in [-0.05, 0) is 98.8 Å². The van der Waals surface area contributed by atoms with Gasteiger partial charge in [0.05, 0.1) is 22.8 Å². The number of aromatic carboxylic acids is 2. The van der Waals surface area contributed by atoms with Crippen molar-refractivity contribution in [3.05, 3.63) is 166 Å². The van der Waals surface area contributed by atoms with Gasteiger partial charge in [-0.2, -0.15) is 0 Å². The van der Waals surface area contributed by atoms with Crippen LogP contribution in [0.5, 0.6) is 0 Å². The quantitative estimate of drug-likeness (QED) is 0.0853. The molecule has 0 aromatic carbocycles. The Labute approximate surface area is 501 Å². The zero-order chi connectivity index (χ0) is 54.6. The van der Waals surface area contributed by atoms with Crippen LogP contribution < -0.4 is 3.71 Å². The minimum atomic E-state index is -2.25. The van der Waals surface area contributed by atoms with Crippen LogP contribution in [0, 0.1) is 20.8 Å². The molecule has 8 aromatic rings. The van der Waals surface area contributed by atoms with E-state index in [9.17, 15) is 9.59 Å². The molecule has 0 amide bonds. The number of pyridine rings is 5. The molecule has 2 N–H and O–H groups in total. The topological polar surface area (TPSA) is 251 Å². The van der Waals surface area contributed by atoms with Crippen LogP contribution in [-0.4, -0.2) is 111 Å². The van der Waals surface area contributed by atoms with E-state index < -0.39 is 45.1 Å². The number of carboxylic acid groups (broad SMARTS) is 2. The molecule has 438 valence electrons. The van der Waals surface area contributed by atoms with Gasteiger partial charge in [0.15, 0.2) is 10.3 Å². The fourth-order valence-electron chi connectivity index (χ4n) is 7.42. The van der Waals surface area contributed by atoms with E-state index in [4.69, 9.17) is 46.1 Å². The van der Waals surface area contributed by atoms with E-state index in [2.05, 4.69) is 96.4 Å². The van der Waals surface area contributed by atoms with Crippen molar-refractivity contribution >= 4 is 72.0 Å². The Morgan fingerprint density at radius 3 is 0.951 bits per heavy atom. The molecule has 0 unspecified atom stereocenters. The molecule has 0 spiro atoms. The van der Waals surface area contributed by atoms with Crippen LogP contribution in [0.3, 0.4) is 0 Å². The van der Waals surface area contributed by atoms with E-state index in [0.717, 1.165) is 34.2 Å². The zero-order valence-electron chi connectivity index (χ0n) is 42.6. The van der Waals surface area contributed by atoms with Gasteiger partial charge in [0.2, 0.25) is 0 Å². The second-order valence-corrected chi connectivity index (χ2v) is 31.0. The Balaban J connectivity index is -0.000000998. The van der Waals surface area contributed by atoms with E-state index in [0.29, 0.717) is 33.1 Å². The van der Waals surface area contributed by atoms with Crippen LogP contribution in [0.15, 0.2) is 127 Å². The third-order valence-corrected chi connectivity index (χ3v) is 26.7. The van der Waals surface area contributed by atoms with Gasteiger partial charge >= 0.3 is 165 Å². The molecule has 8 rings (SSSR count). The number of carboxylic acids is 2. The Morgan fingerprint density at radius 1 is 0.407 bits per heavy atom. The van der Waals surface area contributed by atoms with Gasteiger partial charge in [0, 0.05) is 11.4 Å². The third-order valence-electron chi connectivity index (χ3n) is 11.1. The van der Waals surface area contributed by atoms with Crippen LogP contribution in [-0.2, 0) is 7.67 Å². The second kappa shape index (κ2) is 42.3. The first-order chi connectivity index (χ1) is 36.1. The maximum atomic E-state index is 11.0. The summed E-state index contributed by atoms with van der Waals surface area (Å²) in [5.41, 5.74) is 7.73. The molecule has 0 saturated heterocycles. The van der Waals surface area contributed by atoms with Gasteiger partial charge < -0.3 is 10.2 Å². The van der Waals surface area contributed by atoms with E-state index in [1.165, 1.54) is 69.7 Å². The van der Waals surface area contributed by atoms with E-state index in [1.807, 2.05) is 62.4 Å². The van der Waals surface area contributed by atoms with Crippen molar-refractivity contribution in [3.63, 3.8) is 0 Å². The van der Waals surface area contributed by atoms with Gasteiger partial charge in [-0.3, -0.25) is 9.97 Å². The summed E-state index contributed by atoms with van der Waals surface area (Å²) in [6.45, 7) is 13.1. The molecule has 0 atom stereocenters. The van der Waals surface area contributed by atoms with Gasteiger partial charge in [-0.25, -0.2) is 19.6 Å². The molecule has 0 aliphatic rings. The molecule has 81 heavy (non-hydrogen) atoms. The molecule has 0 saturated carbocycles. The molecule has 0 fully saturated rings. The number of rotatable bonds is 16. The average molecular weight is 1320 g/mol. The van der Waals surface area contributed by atoms with Gasteiger partial charge in [-0.15, -0.1) is 30.6 Å². The molecule has 0 radical (unpaired) electrons. The molecule has 21 heteroatoms. The first-order valence-corrected chi connectivity index (χ1v) is 33.8. The molecule has 8 heterocycles. The van der Waals surface area contributed by atoms with Crippen molar-refractivity contribution in [2.45, 2.75) is 138 Å². The summed E-state index contributed by atoms with van der Waals surface area (Å²) >= 11 is 6.88. The van der Waals surface area contributed by atoms with Crippen LogP contribution in [0.4, 0.5) is 0 Å². The average Bonchev–Trinajstić information content (AvgIpc) is 3.42. The van der Waals surface area contributed by atoms with Gasteiger partial charge in [0.25, 0.3) is 0 Å². The molecular formula is C60H83Cl2N11O6SeSn. The molecular weight excluding hydrogens is 1240 g/mol. The number of nitrogens with zero attached hydrogens (tertiary/aromatic N) is 11. The normalized spacial score (nSPS) is 9.63. The van der Waals surface area contributed by atoms with Crippen LogP contribution in [0.2, 0.25) is 23.6 Å². The molecule has 0 aliphatic carbocycles. The van der Waals surface area contributed by atoms with Gasteiger partial charge in [-0.1, -0.05) is 92.0 Å². The van der Waals surface area contributed by atoms with Crippen molar-refractivity contribution in [1.29, 1.82) is 0 Å². The summed E-state index contributed by atoms with van der Waals surface area (Å²) in [5, 5.41) is 42.1. The predicted octanol–water partition coefficient (Wildman–Crippen LogP) is 15.6. The van der Waals surface area contributed by atoms with E-state index in [-0.39, 0.29) is 55.9 Å². The monoisotopic (exact) mass is 1320 g/mol. The van der Waals surface area contributed by atoms with Crippen molar-refractivity contribution in [2.75, 3.05) is 0 Å². The van der Waals surface area contributed by atoms with E-state index in [1.54, 1.807) is 52.2 Å². The summed E-state index contributed by atoms with van der Waals surface area (Å²) in [6, 6.07) is 37.9. The Kier molecular flexibility index (Phi) is 41.1. The molecule has 0 aliphatic heterocycles. The summed E-state index contributed by atoms with van der Waals surface area (Å²) < 4.78 is 23.0. The number of carbonyl (C=O) groups is 2. The fraction of sp³-hybridized carbons (Fsp3) is 0.350. The number of unbranched alkanes of at least 4 members (excludes halogenated alkanes) is 3. The summed E-state index contributed by atoms with van der Waals surface area (Å²) in [7, 11) is 0. The maximum absolute atomic E-state index is 11.0. The Hall–Kier alpha value is -6.57. The zero-order valence-corrected chi connectivity index (χ0v) is 48.7. The number of hydrogen-bond acceptors (Lipinski definition) is 15. The molecule has 8 aromatic heterocycles. The number of hydrogen-bond donors (Lipinski definition) is 2. The first-order valence-electron chi connectivity index (χ1n) is 24.1. The SMILES string of the molecule is C.C.C.C.C.C.CCC[CH2][Sn]([CH2]CCC)([CH2]CCC)[c]1cccc(C)n1.Cc1cccc(-c2ccc(-c3cccc(C)n3)nn2)n1.Clc1ccc(Cl)nn1.O=C(O)c1cccc(-c2ccc(-c3cccc(C(=O)O)n3)nn2)n1.O=[Se]=O. The van der Waals surface area contributed by atoms with Crippen LogP contribution in [0.1, 0.15) is 142 Å². The van der Waals surface area contributed by atoms with Crippen LogP contribution in [0.25, 0.3) is 45.6 Å². The van der Waals surface area contributed by atoms with Crippen molar-refractivity contribution < 1.29 is 27.5 Å². The number of halogens is 2.